The summed E-state index contributed by atoms with van der Waals surface area (Å²) in [5.74, 6) is 0.509. The van der Waals surface area contributed by atoms with E-state index in [0.717, 1.165) is 12.8 Å². The Morgan fingerprint density at radius 1 is 1.50 bits per heavy atom. The highest BCUT2D eigenvalue weighted by Gasteiger charge is 2.44. The average Bonchev–Trinajstić information content (AvgIpc) is 3.16. The summed E-state index contributed by atoms with van der Waals surface area (Å²) in [6.07, 6.45) is 1.66. The molecule has 1 saturated carbocycles. The predicted octanol–water partition coefficient (Wildman–Crippen LogP) is 1.97. The molecule has 2 rings (SSSR count). The van der Waals surface area contributed by atoms with E-state index in [9.17, 15) is 4.79 Å². The highest BCUT2D eigenvalue weighted by Crippen LogP contribution is 2.47. The number of nitrogens with one attached hydrogen (secondary N) is 1. The van der Waals surface area contributed by atoms with Gasteiger partial charge in [-0.15, -0.1) is 0 Å². The maximum atomic E-state index is 12.0. The molecule has 0 spiro atoms. The summed E-state index contributed by atoms with van der Waals surface area (Å²) in [6, 6.07) is 9.97. The van der Waals surface area contributed by atoms with E-state index in [2.05, 4.69) is 17.4 Å². The molecule has 0 bridgehead atoms. The summed E-state index contributed by atoms with van der Waals surface area (Å²) in [7, 11) is 0. The molecule has 1 fully saturated rings. The molecule has 3 nitrogen and oxygen atoms in total. The summed E-state index contributed by atoms with van der Waals surface area (Å²) < 4.78 is 0. The highest BCUT2D eigenvalue weighted by molar-refractivity contribution is 7.80. The molecule has 0 heterocycles. The maximum absolute atomic E-state index is 12.0. The molecule has 1 aliphatic rings. The summed E-state index contributed by atoms with van der Waals surface area (Å²) in [5, 5.41) is 2.92. The molecule has 0 saturated heterocycles. The lowest BCUT2D eigenvalue weighted by Gasteiger charge is -2.15. The third kappa shape index (κ3) is 2.88. The topological polar surface area (TPSA) is 55.1 Å². The quantitative estimate of drug-likeness (QED) is 0.798. The number of nitrogens with two attached hydrogens (primary N) is 1. The van der Waals surface area contributed by atoms with Gasteiger partial charge in [0, 0.05) is 5.92 Å². The first-order valence-electron chi connectivity index (χ1n) is 6.28. The van der Waals surface area contributed by atoms with Crippen molar-refractivity contribution in [3.8, 4) is 0 Å². The van der Waals surface area contributed by atoms with Crippen LogP contribution in [0.1, 0.15) is 31.2 Å². The second-order valence-corrected chi connectivity index (χ2v) is 5.20. The van der Waals surface area contributed by atoms with Crippen molar-refractivity contribution in [3.05, 3.63) is 35.9 Å². The molecule has 1 aliphatic carbocycles. The van der Waals surface area contributed by atoms with E-state index >= 15 is 0 Å². The fourth-order valence-corrected chi connectivity index (χ4v) is 2.43. The van der Waals surface area contributed by atoms with Gasteiger partial charge < -0.3 is 11.1 Å². The third-order valence-electron chi connectivity index (χ3n) is 3.42. The Morgan fingerprint density at radius 3 is 2.72 bits per heavy atom. The standard InChI is InChI=1S/C14H18N2OS/c1-2-12(13(15)18)16-14(17)11-8-10(11)9-6-4-3-5-7-9/h3-7,10-12H,2,8H2,1H3,(H2,15,18)(H,16,17). The molecular weight excluding hydrogens is 244 g/mol. The number of carbonyl (C=O) groups excluding carboxylic acids is 1. The third-order valence-corrected chi connectivity index (χ3v) is 3.71. The number of benzene rings is 1. The van der Waals surface area contributed by atoms with Gasteiger partial charge in [0.25, 0.3) is 0 Å². The van der Waals surface area contributed by atoms with E-state index in [1.165, 1.54) is 5.56 Å². The number of thiocarbonyl (C=S) groups is 1. The second kappa shape index (κ2) is 5.48. The van der Waals surface area contributed by atoms with Gasteiger partial charge in [-0.25, -0.2) is 0 Å². The first-order valence-corrected chi connectivity index (χ1v) is 6.69. The smallest absolute Gasteiger partial charge is 0.224 e. The van der Waals surface area contributed by atoms with Crippen LogP contribution in [0.5, 0.6) is 0 Å². The second-order valence-electron chi connectivity index (χ2n) is 4.73. The monoisotopic (exact) mass is 262 g/mol. The Morgan fingerprint density at radius 2 is 2.17 bits per heavy atom. The van der Waals surface area contributed by atoms with E-state index in [4.69, 9.17) is 18.0 Å². The molecule has 0 aromatic heterocycles. The van der Waals surface area contributed by atoms with Crippen LogP contribution in [-0.4, -0.2) is 16.9 Å². The van der Waals surface area contributed by atoms with Crippen molar-refractivity contribution in [2.75, 3.05) is 0 Å². The molecule has 3 N–H and O–H groups in total. The van der Waals surface area contributed by atoms with Crippen LogP contribution < -0.4 is 11.1 Å². The molecule has 4 heteroatoms. The van der Waals surface area contributed by atoms with Crippen molar-refractivity contribution >= 4 is 23.1 Å². The van der Waals surface area contributed by atoms with Gasteiger partial charge in [-0.2, -0.15) is 0 Å². The highest BCUT2D eigenvalue weighted by atomic mass is 32.1. The molecule has 0 aliphatic heterocycles. The molecule has 0 radical (unpaired) electrons. The van der Waals surface area contributed by atoms with Gasteiger partial charge >= 0.3 is 0 Å². The number of hydrogen-bond donors (Lipinski definition) is 2. The Labute approximate surface area is 113 Å². The van der Waals surface area contributed by atoms with Crippen LogP contribution in [0, 0.1) is 5.92 Å². The number of amides is 1. The molecule has 1 amide bonds. The van der Waals surface area contributed by atoms with Gasteiger partial charge in [0.15, 0.2) is 0 Å². The normalized spacial score (nSPS) is 23.2. The molecule has 96 valence electrons. The van der Waals surface area contributed by atoms with Crippen molar-refractivity contribution < 1.29 is 4.79 Å². The predicted molar refractivity (Wildman–Crippen MR) is 76.3 cm³/mol. The maximum Gasteiger partial charge on any atom is 0.224 e. The Bertz CT molecular complexity index is 446. The zero-order chi connectivity index (χ0) is 13.1. The largest absolute Gasteiger partial charge is 0.392 e. The lowest BCUT2D eigenvalue weighted by atomic mass is 10.1. The van der Waals surface area contributed by atoms with Gasteiger partial charge in [0.05, 0.1) is 11.0 Å². The van der Waals surface area contributed by atoms with Gasteiger partial charge in [0.1, 0.15) is 0 Å². The van der Waals surface area contributed by atoms with Gasteiger partial charge in [0.2, 0.25) is 5.91 Å². The summed E-state index contributed by atoms with van der Waals surface area (Å²) >= 11 is 4.93. The fraction of sp³-hybridized carbons (Fsp3) is 0.429. The van der Waals surface area contributed by atoms with E-state index in [1.807, 2.05) is 25.1 Å². The van der Waals surface area contributed by atoms with Crippen LogP contribution in [0.15, 0.2) is 30.3 Å². The molecule has 1 aromatic rings. The van der Waals surface area contributed by atoms with E-state index in [0.29, 0.717) is 10.9 Å². The zero-order valence-electron chi connectivity index (χ0n) is 10.4. The van der Waals surface area contributed by atoms with Crippen LogP contribution in [0.4, 0.5) is 0 Å². The van der Waals surface area contributed by atoms with E-state index in [1.54, 1.807) is 0 Å². The van der Waals surface area contributed by atoms with Crippen LogP contribution in [-0.2, 0) is 4.79 Å². The minimum absolute atomic E-state index is 0.0727. The minimum Gasteiger partial charge on any atom is -0.392 e. The number of hydrogen-bond acceptors (Lipinski definition) is 2. The first-order chi connectivity index (χ1) is 8.63. The van der Waals surface area contributed by atoms with Gasteiger partial charge in [-0.1, -0.05) is 49.5 Å². The van der Waals surface area contributed by atoms with E-state index < -0.39 is 0 Å². The van der Waals surface area contributed by atoms with Crippen molar-refractivity contribution in [2.45, 2.75) is 31.7 Å². The number of rotatable bonds is 5. The average molecular weight is 262 g/mol. The lowest BCUT2D eigenvalue weighted by Crippen LogP contribution is -2.43. The summed E-state index contributed by atoms with van der Waals surface area (Å²) in [4.78, 5) is 12.4. The Balaban J connectivity index is 1.92. The Kier molecular flexibility index (Phi) is 3.97. The molecule has 3 atom stereocenters. The van der Waals surface area contributed by atoms with Crippen molar-refractivity contribution in [1.29, 1.82) is 0 Å². The Hall–Kier alpha value is -1.42. The van der Waals surface area contributed by atoms with Gasteiger partial charge in [-0.05, 0) is 24.3 Å². The summed E-state index contributed by atoms with van der Waals surface area (Å²) in [5.41, 5.74) is 6.82. The van der Waals surface area contributed by atoms with Crippen molar-refractivity contribution in [2.24, 2.45) is 11.7 Å². The fourth-order valence-electron chi connectivity index (χ4n) is 2.21. The molecule has 1 aromatic carbocycles. The molecule has 18 heavy (non-hydrogen) atoms. The SMILES string of the molecule is CCC(NC(=O)C1CC1c1ccccc1)C(N)=S. The van der Waals surface area contributed by atoms with Crippen molar-refractivity contribution in [3.63, 3.8) is 0 Å². The lowest BCUT2D eigenvalue weighted by molar-refractivity contribution is -0.122. The zero-order valence-corrected chi connectivity index (χ0v) is 11.2. The van der Waals surface area contributed by atoms with Crippen LogP contribution in [0.3, 0.4) is 0 Å². The molecule has 3 unspecified atom stereocenters. The first kappa shape index (κ1) is 13.0. The van der Waals surface area contributed by atoms with Crippen LogP contribution in [0.25, 0.3) is 0 Å². The van der Waals surface area contributed by atoms with Crippen molar-refractivity contribution in [1.82, 2.24) is 5.32 Å². The van der Waals surface area contributed by atoms with Crippen LogP contribution >= 0.6 is 12.2 Å². The number of carbonyl (C=O) groups is 1. The summed E-state index contributed by atoms with van der Waals surface area (Å²) in [6.45, 7) is 1.96. The van der Waals surface area contributed by atoms with Gasteiger partial charge in [-0.3, -0.25) is 4.79 Å². The minimum atomic E-state index is -0.176. The van der Waals surface area contributed by atoms with Crippen LogP contribution in [0.2, 0.25) is 0 Å². The van der Waals surface area contributed by atoms with E-state index in [-0.39, 0.29) is 17.9 Å². The molecular formula is C14H18N2OS.